The predicted octanol–water partition coefficient (Wildman–Crippen LogP) is 4.83. The monoisotopic (exact) mass is 477 g/mol. The van der Waals surface area contributed by atoms with Gasteiger partial charge in [0.1, 0.15) is 5.57 Å². The summed E-state index contributed by atoms with van der Waals surface area (Å²) in [5.41, 5.74) is 4.78. The van der Waals surface area contributed by atoms with E-state index in [0.29, 0.717) is 5.69 Å². The molecule has 0 unspecified atom stereocenters. The normalized spacial score (nSPS) is 15.5. The fraction of sp³-hybridized carbons (Fsp3) is 0.125. The van der Waals surface area contributed by atoms with Crippen LogP contribution in [-0.4, -0.2) is 22.4 Å². The molecule has 0 aliphatic carbocycles. The molecule has 2 heterocycles. The molecule has 0 saturated carbocycles. The van der Waals surface area contributed by atoms with Crippen molar-refractivity contribution in [3.63, 3.8) is 0 Å². The molecule has 1 aliphatic heterocycles. The molecule has 1 aromatic heterocycles. The van der Waals surface area contributed by atoms with Gasteiger partial charge in [-0.2, -0.15) is 0 Å². The number of nitrogens with zero attached hydrogens (tertiary/aromatic N) is 2. The zero-order chi connectivity index (χ0) is 22.3. The summed E-state index contributed by atoms with van der Waals surface area (Å²) in [6.07, 6.45) is 1.55. The quantitative estimate of drug-likeness (QED) is 0.433. The molecule has 0 bridgehead atoms. The number of aryl methyl sites for hydroxylation is 2. The van der Waals surface area contributed by atoms with E-state index in [2.05, 4.69) is 21.2 Å². The highest BCUT2D eigenvalue weighted by Crippen LogP contribution is 2.27. The minimum Gasteiger partial charge on any atom is -0.318 e. The van der Waals surface area contributed by atoms with E-state index in [1.807, 2.05) is 61.7 Å². The molecular formula is C24H20BrN3O3. The third kappa shape index (κ3) is 3.84. The lowest BCUT2D eigenvalue weighted by Crippen LogP contribution is -2.54. The Morgan fingerprint density at radius 3 is 2.29 bits per heavy atom. The number of barbiturate groups is 1. The van der Waals surface area contributed by atoms with Crippen molar-refractivity contribution in [2.75, 3.05) is 4.90 Å². The van der Waals surface area contributed by atoms with Crippen molar-refractivity contribution in [2.45, 2.75) is 20.8 Å². The van der Waals surface area contributed by atoms with Crippen LogP contribution in [0.25, 0.3) is 11.8 Å². The summed E-state index contributed by atoms with van der Waals surface area (Å²) in [6, 6.07) is 16.1. The molecule has 4 amide bonds. The van der Waals surface area contributed by atoms with E-state index >= 15 is 0 Å². The summed E-state index contributed by atoms with van der Waals surface area (Å²) in [4.78, 5) is 39.0. The lowest BCUT2D eigenvalue weighted by atomic mass is 10.1. The standard InChI is InChI=1S/C24H20BrN3O3/c1-14-5-4-6-20(11-14)28-23(30)21(22(29)26-24(28)31)13-17-12-15(2)27(16(17)3)19-9-7-18(25)8-10-19/h4-13H,1-3H3,(H,26,29,31)/b21-13-. The lowest BCUT2D eigenvalue weighted by molar-refractivity contribution is -0.122. The van der Waals surface area contributed by atoms with Gasteiger partial charge in [-0.05, 0) is 80.4 Å². The molecule has 1 fully saturated rings. The zero-order valence-electron chi connectivity index (χ0n) is 17.3. The third-order valence-corrected chi connectivity index (χ3v) is 5.75. The van der Waals surface area contributed by atoms with Crippen LogP contribution >= 0.6 is 15.9 Å². The van der Waals surface area contributed by atoms with Gasteiger partial charge in [0.25, 0.3) is 11.8 Å². The van der Waals surface area contributed by atoms with E-state index < -0.39 is 17.8 Å². The Hall–Kier alpha value is -3.45. The Morgan fingerprint density at radius 1 is 0.903 bits per heavy atom. The van der Waals surface area contributed by atoms with Crippen molar-refractivity contribution in [1.29, 1.82) is 0 Å². The van der Waals surface area contributed by atoms with Gasteiger partial charge in [0.15, 0.2) is 0 Å². The van der Waals surface area contributed by atoms with Crippen LogP contribution < -0.4 is 10.2 Å². The largest absolute Gasteiger partial charge is 0.335 e. The van der Waals surface area contributed by atoms with Gasteiger partial charge in [0.2, 0.25) is 0 Å². The van der Waals surface area contributed by atoms with Crippen molar-refractivity contribution in [3.8, 4) is 5.69 Å². The molecule has 156 valence electrons. The Morgan fingerprint density at radius 2 is 1.61 bits per heavy atom. The third-order valence-electron chi connectivity index (χ3n) is 5.22. The number of urea groups is 1. The molecule has 0 spiro atoms. The number of halogens is 1. The smallest absolute Gasteiger partial charge is 0.318 e. The van der Waals surface area contributed by atoms with Crippen molar-refractivity contribution < 1.29 is 14.4 Å². The summed E-state index contributed by atoms with van der Waals surface area (Å²) in [7, 11) is 0. The number of benzene rings is 2. The number of hydrogen-bond donors (Lipinski definition) is 1. The van der Waals surface area contributed by atoms with Crippen molar-refractivity contribution in [1.82, 2.24) is 9.88 Å². The van der Waals surface area contributed by atoms with Crippen LogP contribution in [0.5, 0.6) is 0 Å². The lowest BCUT2D eigenvalue weighted by Gasteiger charge is -2.26. The minimum absolute atomic E-state index is 0.0860. The van der Waals surface area contributed by atoms with Gasteiger partial charge in [-0.3, -0.25) is 14.9 Å². The van der Waals surface area contributed by atoms with Crippen molar-refractivity contribution in [3.05, 3.63) is 87.2 Å². The maximum atomic E-state index is 13.1. The molecule has 7 heteroatoms. The van der Waals surface area contributed by atoms with Crippen LogP contribution in [0, 0.1) is 20.8 Å². The molecule has 0 radical (unpaired) electrons. The molecule has 1 saturated heterocycles. The Balaban J connectivity index is 1.76. The van der Waals surface area contributed by atoms with Gasteiger partial charge in [0, 0.05) is 21.5 Å². The second-order valence-corrected chi connectivity index (χ2v) is 8.35. The molecule has 4 rings (SSSR count). The van der Waals surface area contributed by atoms with Crippen molar-refractivity contribution >= 4 is 45.5 Å². The summed E-state index contributed by atoms with van der Waals surface area (Å²) >= 11 is 3.44. The minimum atomic E-state index is -0.752. The fourth-order valence-corrected chi connectivity index (χ4v) is 4.00. The van der Waals surface area contributed by atoms with Crippen LogP contribution in [0.4, 0.5) is 10.5 Å². The fourth-order valence-electron chi connectivity index (χ4n) is 3.74. The summed E-state index contributed by atoms with van der Waals surface area (Å²) < 4.78 is 3.03. The average molecular weight is 478 g/mol. The van der Waals surface area contributed by atoms with Gasteiger partial charge in [0.05, 0.1) is 5.69 Å². The first-order valence-electron chi connectivity index (χ1n) is 9.69. The Kier molecular flexibility index (Phi) is 5.37. The first kappa shape index (κ1) is 20.8. The molecular weight excluding hydrogens is 458 g/mol. The highest BCUT2D eigenvalue weighted by atomic mass is 79.9. The summed E-state index contributed by atoms with van der Waals surface area (Å²) in [5.74, 6) is -1.35. The van der Waals surface area contributed by atoms with Crippen LogP contribution in [-0.2, 0) is 9.59 Å². The molecule has 1 N–H and O–H groups in total. The van der Waals surface area contributed by atoms with Crippen LogP contribution in [0.2, 0.25) is 0 Å². The highest BCUT2D eigenvalue weighted by Gasteiger charge is 2.37. The second-order valence-electron chi connectivity index (χ2n) is 7.44. The predicted molar refractivity (Wildman–Crippen MR) is 123 cm³/mol. The van der Waals surface area contributed by atoms with Gasteiger partial charge in [-0.15, -0.1) is 0 Å². The van der Waals surface area contributed by atoms with Gasteiger partial charge < -0.3 is 4.57 Å². The highest BCUT2D eigenvalue weighted by molar-refractivity contribution is 9.10. The number of anilines is 1. The average Bonchev–Trinajstić information content (AvgIpc) is 2.99. The summed E-state index contributed by atoms with van der Waals surface area (Å²) in [5, 5.41) is 2.27. The van der Waals surface area contributed by atoms with E-state index in [1.54, 1.807) is 24.3 Å². The van der Waals surface area contributed by atoms with E-state index in [0.717, 1.165) is 37.6 Å². The topological polar surface area (TPSA) is 71.4 Å². The van der Waals surface area contributed by atoms with Crippen LogP contribution in [0.3, 0.4) is 0 Å². The molecule has 31 heavy (non-hydrogen) atoms. The zero-order valence-corrected chi connectivity index (χ0v) is 18.9. The van der Waals surface area contributed by atoms with E-state index in [-0.39, 0.29) is 5.57 Å². The molecule has 1 aliphatic rings. The number of carbonyl (C=O) groups excluding carboxylic acids is 3. The number of aromatic nitrogens is 1. The Labute approximate surface area is 188 Å². The molecule has 3 aromatic rings. The number of rotatable bonds is 3. The summed E-state index contributed by atoms with van der Waals surface area (Å²) in [6.45, 7) is 5.76. The van der Waals surface area contributed by atoms with Gasteiger partial charge in [-0.1, -0.05) is 28.1 Å². The SMILES string of the molecule is Cc1cccc(N2C(=O)NC(=O)/C(=C/c3cc(C)n(-c4ccc(Br)cc4)c3C)C2=O)c1. The molecule has 6 nitrogen and oxygen atoms in total. The first-order chi connectivity index (χ1) is 14.8. The number of imide groups is 2. The van der Waals surface area contributed by atoms with Gasteiger partial charge >= 0.3 is 6.03 Å². The number of hydrogen-bond acceptors (Lipinski definition) is 3. The maximum Gasteiger partial charge on any atom is 0.335 e. The number of nitrogens with one attached hydrogen (secondary N) is 1. The number of carbonyl (C=O) groups is 3. The molecule has 2 aromatic carbocycles. The van der Waals surface area contributed by atoms with Crippen LogP contribution in [0.1, 0.15) is 22.5 Å². The first-order valence-corrected chi connectivity index (χ1v) is 10.5. The molecule has 0 atom stereocenters. The second kappa shape index (κ2) is 8.00. The van der Waals surface area contributed by atoms with Crippen LogP contribution in [0.15, 0.2) is 64.6 Å². The van der Waals surface area contributed by atoms with E-state index in [4.69, 9.17) is 0 Å². The van der Waals surface area contributed by atoms with E-state index in [1.165, 1.54) is 0 Å². The van der Waals surface area contributed by atoms with Crippen molar-refractivity contribution in [2.24, 2.45) is 0 Å². The Bertz CT molecular complexity index is 1260. The van der Waals surface area contributed by atoms with E-state index in [9.17, 15) is 14.4 Å². The maximum absolute atomic E-state index is 13.1. The number of amides is 4. The van der Waals surface area contributed by atoms with Gasteiger partial charge in [-0.25, -0.2) is 9.69 Å².